The summed E-state index contributed by atoms with van der Waals surface area (Å²) < 4.78 is 12.0. The number of hydrogen-bond donors (Lipinski definition) is 0. The predicted molar refractivity (Wildman–Crippen MR) is 86.6 cm³/mol. The van der Waals surface area contributed by atoms with Crippen molar-refractivity contribution in [3.8, 4) is 0 Å². The fraction of sp³-hybridized carbons (Fsp3) is 0.933. The van der Waals surface area contributed by atoms with Crippen LogP contribution in [0.3, 0.4) is 0 Å². The zero-order valence-electron chi connectivity index (χ0n) is 13.2. The van der Waals surface area contributed by atoms with Gasteiger partial charge in [0, 0.05) is 12.5 Å². The van der Waals surface area contributed by atoms with Gasteiger partial charge in [-0.25, -0.2) is 0 Å². The van der Waals surface area contributed by atoms with Crippen molar-refractivity contribution in [1.29, 1.82) is 0 Å². The van der Waals surface area contributed by atoms with Gasteiger partial charge in [0.1, 0.15) is 10.9 Å². The van der Waals surface area contributed by atoms with Gasteiger partial charge < -0.3 is 9.16 Å². The van der Waals surface area contributed by atoms with Crippen LogP contribution in [0, 0.1) is 11.8 Å². The Labute approximate surface area is 132 Å². The fourth-order valence-electron chi connectivity index (χ4n) is 2.87. The number of carbonyl (C=O) groups excluding carboxylic acids is 1. The number of carbonyl (C=O) groups is 1. The van der Waals surface area contributed by atoms with Gasteiger partial charge in [-0.1, -0.05) is 36.7 Å². The van der Waals surface area contributed by atoms with Gasteiger partial charge in [0.15, 0.2) is 8.32 Å². The predicted octanol–water partition coefficient (Wildman–Crippen LogP) is 4.11. The summed E-state index contributed by atoms with van der Waals surface area (Å²) >= 11 is 3.41. The lowest BCUT2D eigenvalue weighted by atomic mass is 9.94. The maximum Gasteiger partial charge on any atom is 0.320 e. The van der Waals surface area contributed by atoms with E-state index in [-0.39, 0.29) is 21.9 Å². The largest absolute Gasteiger partial charge is 0.461 e. The summed E-state index contributed by atoms with van der Waals surface area (Å²) in [4.78, 5) is 11.6. The van der Waals surface area contributed by atoms with Gasteiger partial charge in [0.2, 0.25) is 0 Å². The van der Waals surface area contributed by atoms with E-state index in [9.17, 15) is 4.79 Å². The summed E-state index contributed by atoms with van der Waals surface area (Å²) in [5, 5.41) is 0.231. The molecule has 1 aliphatic carbocycles. The van der Waals surface area contributed by atoms with Crippen molar-refractivity contribution in [3.05, 3.63) is 0 Å². The summed E-state index contributed by atoms with van der Waals surface area (Å²) in [5.74, 6) is 0.814. The monoisotopic (exact) mass is 362 g/mol. The third-order valence-electron chi connectivity index (χ3n) is 5.32. The minimum atomic E-state index is -1.71. The van der Waals surface area contributed by atoms with Crippen LogP contribution in [-0.2, 0) is 14.0 Å². The smallest absolute Gasteiger partial charge is 0.320 e. The Morgan fingerprint density at radius 1 is 1.35 bits per heavy atom. The van der Waals surface area contributed by atoms with E-state index >= 15 is 0 Å². The molecule has 0 radical (unpaired) electrons. The lowest BCUT2D eigenvalue weighted by Gasteiger charge is -2.38. The van der Waals surface area contributed by atoms with Crippen molar-refractivity contribution < 1.29 is 14.0 Å². The molecular weight excluding hydrogens is 336 g/mol. The van der Waals surface area contributed by atoms with E-state index in [1.165, 1.54) is 0 Å². The number of halogens is 1. The summed E-state index contributed by atoms with van der Waals surface area (Å²) in [6.45, 7) is 12.1. The van der Waals surface area contributed by atoms with Crippen molar-refractivity contribution >= 4 is 30.2 Å². The second-order valence-electron chi connectivity index (χ2n) is 7.77. The molecule has 3 nitrogen and oxygen atoms in total. The quantitative estimate of drug-likeness (QED) is 0.430. The van der Waals surface area contributed by atoms with Crippen LogP contribution in [0.25, 0.3) is 0 Å². The Morgan fingerprint density at radius 2 is 2.00 bits per heavy atom. The topological polar surface area (TPSA) is 35.5 Å². The maximum atomic E-state index is 11.7. The lowest BCUT2D eigenvalue weighted by molar-refractivity contribution is -0.158. The van der Waals surface area contributed by atoms with E-state index in [0.717, 1.165) is 25.9 Å². The average Bonchev–Trinajstić information content (AvgIpc) is 2.68. The van der Waals surface area contributed by atoms with Crippen molar-refractivity contribution in [2.45, 2.75) is 69.1 Å². The van der Waals surface area contributed by atoms with Crippen molar-refractivity contribution in [3.63, 3.8) is 0 Å². The summed E-state index contributed by atoms with van der Waals surface area (Å²) in [6.07, 6.45) is 3.28. The molecule has 116 valence electrons. The first-order chi connectivity index (χ1) is 9.12. The number of rotatable bonds is 3. The highest BCUT2D eigenvalue weighted by Gasteiger charge is 2.46. The van der Waals surface area contributed by atoms with Crippen molar-refractivity contribution in [1.82, 2.24) is 0 Å². The van der Waals surface area contributed by atoms with Gasteiger partial charge in [-0.15, -0.1) is 0 Å². The molecule has 2 rings (SSSR count). The van der Waals surface area contributed by atoms with E-state index in [2.05, 4.69) is 49.8 Å². The molecule has 0 spiro atoms. The fourth-order valence-corrected chi connectivity index (χ4v) is 4.52. The third-order valence-corrected chi connectivity index (χ3v) is 10.6. The zero-order chi connectivity index (χ0) is 15.1. The first-order valence-corrected chi connectivity index (χ1v) is 11.4. The van der Waals surface area contributed by atoms with Crippen LogP contribution >= 0.6 is 15.9 Å². The Kier molecular flexibility index (Phi) is 4.72. The van der Waals surface area contributed by atoms with E-state index in [0.29, 0.717) is 11.8 Å². The van der Waals surface area contributed by atoms with Gasteiger partial charge in [0.05, 0.1) is 0 Å². The molecule has 0 bridgehead atoms. The molecule has 0 N–H and O–H groups in total. The molecule has 2 fully saturated rings. The molecule has 1 saturated heterocycles. The molecule has 4 atom stereocenters. The first kappa shape index (κ1) is 16.5. The minimum absolute atomic E-state index is 0.0843. The Balaban J connectivity index is 1.94. The zero-order valence-corrected chi connectivity index (χ0v) is 15.8. The standard InChI is InChI=1S/C15H27BrO3Si/c1-15(2,3)20(4,5)18-9-11-7-6-10-8-12(16)14(17)19-13(10)11/h10-13H,6-9H2,1-5H3/t10-,11-,12-,13+/m0/s1. The number of hydrogen-bond acceptors (Lipinski definition) is 3. The molecule has 5 heteroatoms. The van der Waals surface area contributed by atoms with Crippen LogP contribution in [0.5, 0.6) is 0 Å². The molecule has 2 aliphatic rings. The van der Waals surface area contributed by atoms with E-state index in [1.54, 1.807) is 0 Å². The summed E-state index contributed by atoms with van der Waals surface area (Å²) in [5.41, 5.74) is 0. The summed E-state index contributed by atoms with van der Waals surface area (Å²) in [6, 6.07) is 0. The van der Waals surface area contributed by atoms with Crippen LogP contribution < -0.4 is 0 Å². The number of fused-ring (bicyclic) bond motifs is 1. The van der Waals surface area contributed by atoms with Gasteiger partial charge >= 0.3 is 5.97 Å². The highest BCUT2D eigenvalue weighted by Crippen LogP contribution is 2.43. The van der Waals surface area contributed by atoms with Crippen molar-refractivity contribution in [2.24, 2.45) is 11.8 Å². The van der Waals surface area contributed by atoms with Crippen molar-refractivity contribution in [2.75, 3.05) is 6.61 Å². The maximum absolute atomic E-state index is 11.7. The average molecular weight is 363 g/mol. The molecule has 1 saturated carbocycles. The van der Waals surface area contributed by atoms with Crippen LogP contribution in [-0.4, -0.2) is 31.8 Å². The molecule has 0 amide bonds. The normalized spacial score (nSPS) is 34.8. The molecule has 0 aromatic heterocycles. The van der Waals surface area contributed by atoms with Gasteiger partial charge in [-0.2, -0.15) is 0 Å². The molecule has 0 aromatic rings. The molecular formula is C15H27BrO3Si. The Hall–Kier alpha value is 0.127. The summed E-state index contributed by atoms with van der Waals surface area (Å²) in [7, 11) is -1.71. The van der Waals surface area contributed by atoms with Gasteiger partial charge in [-0.3, -0.25) is 4.79 Å². The number of esters is 1. The third kappa shape index (κ3) is 3.30. The molecule has 0 aromatic carbocycles. The van der Waals surface area contributed by atoms with E-state index in [4.69, 9.17) is 9.16 Å². The van der Waals surface area contributed by atoms with Gasteiger partial charge in [-0.05, 0) is 43.3 Å². The highest BCUT2D eigenvalue weighted by molar-refractivity contribution is 9.10. The minimum Gasteiger partial charge on any atom is -0.461 e. The molecule has 0 unspecified atom stereocenters. The molecule has 20 heavy (non-hydrogen) atoms. The van der Waals surface area contributed by atoms with E-state index in [1.807, 2.05) is 0 Å². The Bertz CT molecular complexity index is 378. The SMILES string of the molecule is CC(C)(C)[Si](C)(C)OC[C@@H]1CC[C@H]2C[C@H](Br)C(=O)O[C@@H]12. The van der Waals surface area contributed by atoms with E-state index < -0.39 is 8.32 Å². The second kappa shape index (κ2) is 5.73. The highest BCUT2D eigenvalue weighted by atomic mass is 79.9. The lowest BCUT2D eigenvalue weighted by Crippen LogP contribution is -2.44. The number of alkyl halides is 1. The molecule has 1 heterocycles. The second-order valence-corrected chi connectivity index (χ2v) is 13.7. The van der Waals surface area contributed by atoms with Gasteiger partial charge in [0.25, 0.3) is 0 Å². The number of ether oxygens (including phenoxy) is 1. The Morgan fingerprint density at radius 3 is 2.60 bits per heavy atom. The van der Waals surface area contributed by atoms with Crippen LogP contribution in [0.15, 0.2) is 0 Å². The van der Waals surface area contributed by atoms with Crippen LogP contribution in [0.2, 0.25) is 18.1 Å². The van der Waals surface area contributed by atoms with Crippen LogP contribution in [0.1, 0.15) is 40.0 Å². The molecule has 1 aliphatic heterocycles. The first-order valence-electron chi connectivity index (χ1n) is 7.60. The van der Waals surface area contributed by atoms with Crippen LogP contribution in [0.4, 0.5) is 0 Å².